The first-order chi connectivity index (χ1) is 11.5. The third kappa shape index (κ3) is 5.93. The maximum absolute atomic E-state index is 12.2. The van der Waals surface area contributed by atoms with Crippen molar-refractivity contribution in [3.05, 3.63) is 71.3 Å². The number of rotatable bonds is 8. The molecule has 0 aliphatic carbocycles. The van der Waals surface area contributed by atoms with E-state index >= 15 is 0 Å². The van der Waals surface area contributed by atoms with Crippen LogP contribution in [0.3, 0.4) is 0 Å². The topological polar surface area (TPSA) is 26.3 Å². The van der Waals surface area contributed by atoms with Crippen LogP contribution in [0.4, 0.5) is 0 Å². The number of ether oxygens (including phenoxy) is 1. The SMILES string of the molecule is CC(C)(C)c1ccc(C(=O)CCCOCCc2ccccc2)cc1. The van der Waals surface area contributed by atoms with E-state index in [2.05, 4.69) is 45.0 Å². The van der Waals surface area contributed by atoms with Crippen molar-refractivity contribution in [1.82, 2.24) is 0 Å². The predicted octanol–water partition coefficient (Wildman–Crippen LogP) is 5.21. The van der Waals surface area contributed by atoms with Gasteiger partial charge in [-0.25, -0.2) is 0 Å². The highest BCUT2D eigenvalue weighted by molar-refractivity contribution is 5.96. The van der Waals surface area contributed by atoms with Crippen molar-refractivity contribution >= 4 is 5.78 Å². The lowest BCUT2D eigenvalue weighted by Crippen LogP contribution is -2.11. The van der Waals surface area contributed by atoms with Crippen LogP contribution in [0.1, 0.15) is 55.1 Å². The number of carbonyl (C=O) groups excluding carboxylic acids is 1. The van der Waals surface area contributed by atoms with Crippen molar-refractivity contribution in [1.29, 1.82) is 0 Å². The van der Waals surface area contributed by atoms with Crippen LogP contribution in [0.25, 0.3) is 0 Å². The van der Waals surface area contributed by atoms with E-state index in [0.717, 1.165) is 18.4 Å². The maximum atomic E-state index is 12.2. The monoisotopic (exact) mass is 324 g/mol. The number of ketones is 1. The van der Waals surface area contributed by atoms with Gasteiger partial charge >= 0.3 is 0 Å². The Hall–Kier alpha value is -1.93. The van der Waals surface area contributed by atoms with Crippen LogP contribution in [0.15, 0.2) is 54.6 Å². The Kier molecular flexibility index (Phi) is 6.74. The molecule has 0 aromatic heterocycles. The van der Waals surface area contributed by atoms with Gasteiger partial charge in [-0.2, -0.15) is 0 Å². The molecule has 2 rings (SSSR count). The summed E-state index contributed by atoms with van der Waals surface area (Å²) < 4.78 is 5.64. The molecule has 2 aromatic rings. The van der Waals surface area contributed by atoms with Crippen LogP contribution < -0.4 is 0 Å². The minimum Gasteiger partial charge on any atom is -0.381 e. The van der Waals surface area contributed by atoms with Gasteiger partial charge in [0.25, 0.3) is 0 Å². The Morgan fingerprint density at radius 1 is 0.917 bits per heavy atom. The van der Waals surface area contributed by atoms with Crippen LogP contribution in [-0.2, 0) is 16.6 Å². The molecule has 0 atom stereocenters. The Balaban J connectivity index is 1.66. The molecule has 2 heteroatoms. The molecule has 0 saturated heterocycles. The third-order valence-corrected chi connectivity index (χ3v) is 4.14. The van der Waals surface area contributed by atoms with Crippen molar-refractivity contribution in [3.8, 4) is 0 Å². The van der Waals surface area contributed by atoms with Crippen molar-refractivity contribution in [3.63, 3.8) is 0 Å². The highest BCUT2D eigenvalue weighted by Gasteiger charge is 2.14. The number of hydrogen-bond donors (Lipinski definition) is 0. The van der Waals surface area contributed by atoms with Gasteiger partial charge in [0, 0.05) is 18.6 Å². The molecule has 2 nitrogen and oxygen atoms in total. The number of hydrogen-bond acceptors (Lipinski definition) is 2. The first kappa shape index (κ1) is 18.4. The predicted molar refractivity (Wildman–Crippen MR) is 99.7 cm³/mol. The zero-order chi connectivity index (χ0) is 17.4. The fourth-order valence-corrected chi connectivity index (χ4v) is 2.57. The summed E-state index contributed by atoms with van der Waals surface area (Å²) in [6.07, 6.45) is 2.23. The first-order valence-electron chi connectivity index (χ1n) is 8.72. The summed E-state index contributed by atoms with van der Waals surface area (Å²) in [5, 5.41) is 0. The van der Waals surface area contributed by atoms with E-state index in [1.807, 2.05) is 30.3 Å². The number of Topliss-reactive ketones (excluding diaryl/α,β-unsaturated/α-hetero) is 1. The van der Waals surface area contributed by atoms with Crippen molar-refractivity contribution in [2.75, 3.05) is 13.2 Å². The van der Waals surface area contributed by atoms with Crippen molar-refractivity contribution in [2.24, 2.45) is 0 Å². The van der Waals surface area contributed by atoms with Gasteiger partial charge in [-0.05, 0) is 29.4 Å². The van der Waals surface area contributed by atoms with Crippen LogP contribution in [0, 0.1) is 0 Å². The van der Waals surface area contributed by atoms with E-state index < -0.39 is 0 Å². The van der Waals surface area contributed by atoms with Gasteiger partial charge in [-0.1, -0.05) is 75.4 Å². The van der Waals surface area contributed by atoms with E-state index in [0.29, 0.717) is 19.6 Å². The molecule has 2 aromatic carbocycles. The van der Waals surface area contributed by atoms with Crippen molar-refractivity contribution in [2.45, 2.75) is 45.4 Å². The molecule has 0 bridgehead atoms. The summed E-state index contributed by atoms with van der Waals surface area (Å²) >= 11 is 0. The number of carbonyl (C=O) groups is 1. The molecule has 0 amide bonds. The Morgan fingerprint density at radius 3 is 2.21 bits per heavy atom. The summed E-state index contributed by atoms with van der Waals surface area (Å²) in [5.41, 5.74) is 3.46. The lowest BCUT2D eigenvalue weighted by atomic mass is 9.86. The fourth-order valence-electron chi connectivity index (χ4n) is 2.57. The second kappa shape index (κ2) is 8.79. The van der Waals surface area contributed by atoms with Crippen LogP contribution in [0.2, 0.25) is 0 Å². The average Bonchev–Trinajstić information content (AvgIpc) is 2.58. The second-order valence-electron chi connectivity index (χ2n) is 7.20. The molecule has 0 saturated carbocycles. The highest BCUT2D eigenvalue weighted by Crippen LogP contribution is 2.22. The van der Waals surface area contributed by atoms with Crippen LogP contribution in [0.5, 0.6) is 0 Å². The van der Waals surface area contributed by atoms with E-state index in [1.165, 1.54) is 11.1 Å². The number of benzene rings is 2. The minimum absolute atomic E-state index is 0.119. The van der Waals surface area contributed by atoms with Gasteiger partial charge in [0.1, 0.15) is 0 Å². The molecule has 0 aliphatic rings. The van der Waals surface area contributed by atoms with Gasteiger partial charge in [-0.15, -0.1) is 0 Å². The molecule has 0 unspecified atom stereocenters. The zero-order valence-electron chi connectivity index (χ0n) is 15.0. The zero-order valence-corrected chi connectivity index (χ0v) is 15.0. The van der Waals surface area contributed by atoms with E-state index in [-0.39, 0.29) is 11.2 Å². The van der Waals surface area contributed by atoms with Gasteiger partial charge in [0.05, 0.1) is 6.61 Å². The van der Waals surface area contributed by atoms with E-state index in [4.69, 9.17) is 4.74 Å². The summed E-state index contributed by atoms with van der Waals surface area (Å²) in [6.45, 7) is 7.88. The fraction of sp³-hybridized carbons (Fsp3) is 0.409. The first-order valence-corrected chi connectivity index (χ1v) is 8.72. The summed E-state index contributed by atoms with van der Waals surface area (Å²) in [7, 11) is 0. The molecule has 0 heterocycles. The largest absolute Gasteiger partial charge is 0.381 e. The third-order valence-electron chi connectivity index (χ3n) is 4.14. The molecular formula is C22H28O2. The Morgan fingerprint density at radius 2 is 1.58 bits per heavy atom. The summed E-state index contributed by atoms with van der Waals surface area (Å²) in [4.78, 5) is 12.2. The molecule has 0 aliphatic heterocycles. The van der Waals surface area contributed by atoms with Gasteiger partial charge in [0.15, 0.2) is 5.78 Å². The average molecular weight is 324 g/mol. The summed E-state index contributed by atoms with van der Waals surface area (Å²) in [6, 6.07) is 18.3. The lowest BCUT2D eigenvalue weighted by Gasteiger charge is -2.18. The van der Waals surface area contributed by atoms with Gasteiger partial charge in [0.2, 0.25) is 0 Å². The quantitative estimate of drug-likeness (QED) is 0.492. The standard InChI is InChI=1S/C22H28O2/c1-22(2,3)20-13-11-19(12-14-20)21(23)10-7-16-24-17-15-18-8-5-4-6-9-18/h4-6,8-9,11-14H,7,10,15-17H2,1-3H3. The smallest absolute Gasteiger partial charge is 0.162 e. The van der Waals surface area contributed by atoms with E-state index in [9.17, 15) is 4.79 Å². The summed E-state index contributed by atoms with van der Waals surface area (Å²) in [5.74, 6) is 0.196. The van der Waals surface area contributed by atoms with E-state index in [1.54, 1.807) is 0 Å². The van der Waals surface area contributed by atoms with Crippen molar-refractivity contribution < 1.29 is 9.53 Å². The minimum atomic E-state index is 0.119. The van der Waals surface area contributed by atoms with Crippen LogP contribution in [-0.4, -0.2) is 19.0 Å². The molecule has 0 N–H and O–H groups in total. The molecule has 128 valence electrons. The maximum Gasteiger partial charge on any atom is 0.162 e. The second-order valence-corrected chi connectivity index (χ2v) is 7.20. The van der Waals surface area contributed by atoms with Crippen LogP contribution >= 0.6 is 0 Å². The molecule has 0 fully saturated rings. The lowest BCUT2D eigenvalue weighted by molar-refractivity contribution is 0.0940. The molecule has 24 heavy (non-hydrogen) atoms. The highest BCUT2D eigenvalue weighted by atomic mass is 16.5. The molecular weight excluding hydrogens is 296 g/mol. The molecule has 0 radical (unpaired) electrons. The Labute approximate surface area is 145 Å². The molecule has 0 spiro atoms. The normalized spacial score (nSPS) is 11.5. The van der Waals surface area contributed by atoms with Gasteiger partial charge < -0.3 is 4.74 Å². The van der Waals surface area contributed by atoms with Gasteiger partial charge in [-0.3, -0.25) is 4.79 Å². The Bertz CT molecular complexity index is 621.